The highest BCUT2D eigenvalue weighted by Crippen LogP contribution is 2.32. The number of ether oxygens (including phenoxy) is 2. The molecule has 3 aromatic rings. The number of carbonyl (C=O) groups is 1. The summed E-state index contributed by atoms with van der Waals surface area (Å²) in [6.07, 6.45) is 1.03. The van der Waals surface area contributed by atoms with Crippen LogP contribution in [0.15, 0.2) is 53.7 Å². The maximum absolute atomic E-state index is 12.5. The van der Waals surface area contributed by atoms with Crippen LogP contribution >= 0.6 is 23.4 Å². The van der Waals surface area contributed by atoms with Crippen molar-refractivity contribution in [3.63, 3.8) is 0 Å². The topological polar surface area (TPSA) is 76.6 Å². The van der Waals surface area contributed by atoms with Gasteiger partial charge in [-0.15, -0.1) is 0 Å². The molecule has 1 aromatic heterocycles. The van der Waals surface area contributed by atoms with E-state index in [0.29, 0.717) is 33.9 Å². The van der Waals surface area contributed by atoms with Gasteiger partial charge in [-0.2, -0.15) is 0 Å². The fourth-order valence-corrected chi connectivity index (χ4v) is 4.37. The van der Waals surface area contributed by atoms with Crippen molar-refractivity contribution in [2.24, 2.45) is 0 Å². The summed E-state index contributed by atoms with van der Waals surface area (Å²) in [5.41, 5.74) is 2.62. The molecule has 1 N–H and O–H groups in total. The van der Waals surface area contributed by atoms with E-state index >= 15 is 0 Å². The van der Waals surface area contributed by atoms with E-state index in [9.17, 15) is 4.79 Å². The molecule has 0 aliphatic carbocycles. The molecular formula is C24H25ClN4O3S. The lowest BCUT2D eigenvalue weighted by Gasteiger charge is -2.17. The van der Waals surface area contributed by atoms with Gasteiger partial charge in [-0.25, -0.2) is 9.97 Å². The SMILES string of the molecule is CCCN(C)c1cc(Cl)nc(SCc2ccc(C(=O)NCc3ccc4c(c3)OCO4)cc2)n1. The van der Waals surface area contributed by atoms with Crippen LogP contribution in [0.3, 0.4) is 0 Å². The molecule has 1 aliphatic heterocycles. The van der Waals surface area contributed by atoms with Gasteiger partial charge in [0.15, 0.2) is 16.7 Å². The van der Waals surface area contributed by atoms with Gasteiger partial charge in [0.05, 0.1) is 0 Å². The Morgan fingerprint density at radius 3 is 2.64 bits per heavy atom. The molecule has 0 spiro atoms. The van der Waals surface area contributed by atoms with E-state index < -0.39 is 0 Å². The number of carbonyl (C=O) groups excluding carboxylic acids is 1. The van der Waals surface area contributed by atoms with Gasteiger partial charge in [0.2, 0.25) is 6.79 Å². The molecule has 0 unspecified atom stereocenters. The summed E-state index contributed by atoms with van der Waals surface area (Å²) in [5, 5.41) is 4.00. The van der Waals surface area contributed by atoms with Crippen LogP contribution in [0.4, 0.5) is 5.82 Å². The third-order valence-corrected chi connectivity index (χ3v) is 6.20. The predicted octanol–water partition coefficient (Wildman–Crippen LogP) is 4.93. The lowest BCUT2D eigenvalue weighted by molar-refractivity contribution is 0.0951. The number of rotatable bonds is 9. The van der Waals surface area contributed by atoms with Crippen LogP contribution in [0.2, 0.25) is 5.15 Å². The van der Waals surface area contributed by atoms with Crippen molar-refractivity contribution < 1.29 is 14.3 Å². The number of benzene rings is 2. The molecule has 172 valence electrons. The largest absolute Gasteiger partial charge is 0.454 e. The summed E-state index contributed by atoms with van der Waals surface area (Å²) in [4.78, 5) is 23.5. The number of amides is 1. The molecular weight excluding hydrogens is 460 g/mol. The lowest BCUT2D eigenvalue weighted by Crippen LogP contribution is -2.22. The Bertz CT molecular complexity index is 1130. The van der Waals surface area contributed by atoms with E-state index in [1.54, 1.807) is 6.07 Å². The number of anilines is 1. The fourth-order valence-electron chi connectivity index (χ4n) is 3.33. The molecule has 9 heteroatoms. The maximum atomic E-state index is 12.5. The van der Waals surface area contributed by atoms with Gasteiger partial charge in [-0.05, 0) is 41.8 Å². The first-order chi connectivity index (χ1) is 16.0. The third-order valence-electron chi connectivity index (χ3n) is 5.09. The van der Waals surface area contributed by atoms with Crippen LogP contribution in [0.5, 0.6) is 11.5 Å². The number of hydrogen-bond donors (Lipinski definition) is 1. The fraction of sp³-hybridized carbons (Fsp3) is 0.292. The minimum absolute atomic E-state index is 0.131. The van der Waals surface area contributed by atoms with Crippen molar-refractivity contribution in [2.45, 2.75) is 30.8 Å². The molecule has 2 heterocycles. The summed E-state index contributed by atoms with van der Waals surface area (Å²) in [5.74, 6) is 2.79. The molecule has 1 amide bonds. The van der Waals surface area contributed by atoms with Gasteiger partial charge in [-0.3, -0.25) is 4.79 Å². The number of thioether (sulfide) groups is 1. The zero-order valence-corrected chi connectivity index (χ0v) is 20.1. The second-order valence-corrected chi connectivity index (χ2v) is 8.94. The molecule has 0 fully saturated rings. The van der Waals surface area contributed by atoms with Crippen LogP contribution in [0.25, 0.3) is 0 Å². The number of nitrogens with zero attached hydrogens (tertiary/aromatic N) is 3. The Labute approximate surface area is 202 Å². The normalized spacial score (nSPS) is 12.0. The summed E-state index contributed by atoms with van der Waals surface area (Å²) < 4.78 is 10.7. The number of aromatic nitrogens is 2. The van der Waals surface area contributed by atoms with Gasteiger partial charge in [-0.1, -0.05) is 48.5 Å². The summed E-state index contributed by atoms with van der Waals surface area (Å²) >= 11 is 7.70. The van der Waals surface area contributed by atoms with Crippen molar-refractivity contribution in [1.29, 1.82) is 0 Å². The van der Waals surface area contributed by atoms with E-state index in [-0.39, 0.29) is 12.7 Å². The van der Waals surface area contributed by atoms with Gasteiger partial charge in [0, 0.05) is 37.5 Å². The highest BCUT2D eigenvalue weighted by molar-refractivity contribution is 7.98. The molecule has 7 nitrogen and oxygen atoms in total. The van der Waals surface area contributed by atoms with Gasteiger partial charge in [0.25, 0.3) is 5.91 Å². The molecule has 0 saturated heterocycles. The molecule has 0 bridgehead atoms. The van der Waals surface area contributed by atoms with Crippen molar-refractivity contribution in [2.75, 3.05) is 25.3 Å². The number of nitrogens with one attached hydrogen (secondary N) is 1. The zero-order chi connectivity index (χ0) is 23.2. The highest BCUT2D eigenvalue weighted by atomic mass is 35.5. The number of fused-ring (bicyclic) bond motifs is 1. The van der Waals surface area contributed by atoms with Gasteiger partial charge < -0.3 is 19.7 Å². The Morgan fingerprint density at radius 1 is 1.09 bits per heavy atom. The van der Waals surface area contributed by atoms with Crippen LogP contribution in [0.1, 0.15) is 34.8 Å². The van der Waals surface area contributed by atoms with Crippen LogP contribution in [-0.2, 0) is 12.3 Å². The number of hydrogen-bond acceptors (Lipinski definition) is 7. The van der Waals surface area contributed by atoms with Crippen LogP contribution < -0.4 is 19.7 Å². The second-order valence-electron chi connectivity index (χ2n) is 7.61. The minimum atomic E-state index is -0.131. The molecule has 0 radical (unpaired) electrons. The summed E-state index contributed by atoms with van der Waals surface area (Å²) in [6, 6.07) is 15.0. The molecule has 0 atom stereocenters. The van der Waals surface area contributed by atoms with Gasteiger partial charge in [0.1, 0.15) is 11.0 Å². The van der Waals surface area contributed by atoms with Crippen molar-refractivity contribution in [3.05, 3.63) is 70.4 Å². The maximum Gasteiger partial charge on any atom is 0.251 e. The van der Waals surface area contributed by atoms with Crippen LogP contribution in [0, 0.1) is 0 Å². The van der Waals surface area contributed by atoms with E-state index in [4.69, 9.17) is 21.1 Å². The van der Waals surface area contributed by atoms with Crippen molar-refractivity contribution in [1.82, 2.24) is 15.3 Å². The molecule has 2 aromatic carbocycles. The smallest absolute Gasteiger partial charge is 0.251 e. The Morgan fingerprint density at radius 2 is 1.85 bits per heavy atom. The Kier molecular flexibility index (Phi) is 7.57. The molecule has 33 heavy (non-hydrogen) atoms. The third kappa shape index (κ3) is 6.09. The zero-order valence-electron chi connectivity index (χ0n) is 18.5. The first-order valence-electron chi connectivity index (χ1n) is 10.7. The lowest BCUT2D eigenvalue weighted by atomic mass is 10.1. The van der Waals surface area contributed by atoms with Crippen molar-refractivity contribution in [3.8, 4) is 11.5 Å². The summed E-state index contributed by atoms with van der Waals surface area (Å²) in [6.45, 7) is 3.66. The van der Waals surface area contributed by atoms with Crippen LogP contribution in [-0.4, -0.2) is 36.3 Å². The second kappa shape index (κ2) is 10.8. The highest BCUT2D eigenvalue weighted by Gasteiger charge is 2.14. The van der Waals surface area contributed by atoms with E-state index in [1.165, 1.54) is 11.8 Å². The molecule has 1 aliphatic rings. The van der Waals surface area contributed by atoms with Crippen molar-refractivity contribution >= 4 is 35.1 Å². The average molecular weight is 485 g/mol. The van der Waals surface area contributed by atoms with E-state index in [1.807, 2.05) is 49.5 Å². The molecule has 0 saturated carbocycles. The Hall–Kier alpha value is -2.97. The van der Waals surface area contributed by atoms with E-state index in [2.05, 4.69) is 27.1 Å². The Balaban J connectivity index is 1.31. The average Bonchev–Trinajstić information content (AvgIpc) is 3.29. The monoisotopic (exact) mass is 484 g/mol. The summed E-state index contributed by atoms with van der Waals surface area (Å²) in [7, 11) is 1.99. The van der Waals surface area contributed by atoms with E-state index in [0.717, 1.165) is 35.7 Å². The first-order valence-corrected chi connectivity index (χ1v) is 12.0. The standard InChI is InChI=1S/C24H25ClN4O3S/c1-3-10-29(2)22-12-21(25)27-24(28-22)33-14-16-4-7-18(8-5-16)23(30)26-13-17-6-9-19-20(11-17)32-15-31-19/h4-9,11-12H,3,10,13-15H2,1-2H3,(H,26,30). The first kappa shape index (κ1) is 23.2. The minimum Gasteiger partial charge on any atom is -0.454 e. The quantitative estimate of drug-likeness (QED) is 0.262. The predicted molar refractivity (Wildman–Crippen MR) is 130 cm³/mol. The molecule has 4 rings (SSSR count). The van der Waals surface area contributed by atoms with Gasteiger partial charge >= 0.3 is 0 Å². The number of halogens is 1.